The maximum absolute atomic E-state index is 13.4. The smallest absolute Gasteiger partial charge is 0.330 e. The van der Waals surface area contributed by atoms with Crippen LogP contribution in [0.5, 0.6) is 0 Å². The normalized spacial score (nSPS) is 11.1. The number of carbonyl (C=O) groups is 1. The number of furan rings is 1. The molecule has 9 nitrogen and oxygen atoms in total. The highest BCUT2D eigenvalue weighted by atomic mass is 16.5. The number of anilines is 2. The Morgan fingerprint density at radius 3 is 2.46 bits per heavy atom. The van der Waals surface area contributed by atoms with E-state index >= 15 is 0 Å². The number of aromatic amines is 1. The number of rotatable bonds is 8. The predicted molar refractivity (Wildman–Crippen MR) is 135 cm³/mol. The summed E-state index contributed by atoms with van der Waals surface area (Å²) in [7, 11) is 1.51. The number of methoxy groups -OCH3 is 1. The second kappa shape index (κ2) is 10.0. The van der Waals surface area contributed by atoms with Gasteiger partial charge in [0.1, 0.15) is 17.1 Å². The van der Waals surface area contributed by atoms with E-state index in [-0.39, 0.29) is 30.4 Å². The Kier molecular flexibility index (Phi) is 6.88. The number of fused-ring (bicyclic) bond motifs is 1. The molecule has 0 aliphatic rings. The highest BCUT2D eigenvalue weighted by Gasteiger charge is 2.24. The van der Waals surface area contributed by atoms with E-state index in [0.717, 1.165) is 22.1 Å². The summed E-state index contributed by atoms with van der Waals surface area (Å²) in [6.45, 7) is 6.33. The van der Waals surface area contributed by atoms with Crippen molar-refractivity contribution in [2.75, 3.05) is 24.4 Å². The van der Waals surface area contributed by atoms with Gasteiger partial charge in [-0.25, -0.2) is 4.79 Å². The molecule has 1 amide bonds. The highest BCUT2D eigenvalue weighted by Crippen LogP contribution is 2.31. The van der Waals surface area contributed by atoms with E-state index in [1.54, 1.807) is 0 Å². The molecule has 4 aromatic rings. The molecule has 0 unspecified atom stereocenters. The fourth-order valence-electron chi connectivity index (χ4n) is 4.10. The number of amides is 1. The molecule has 0 saturated heterocycles. The predicted octanol–water partition coefficient (Wildman–Crippen LogP) is 3.72. The third-order valence-corrected chi connectivity index (χ3v) is 5.95. The summed E-state index contributed by atoms with van der Waals surface area (Å²) in [4.78, 5) is 41.2. The van der Waals surface area contributed by atoms with Crippen molar-refractivity contribution in [1.82, 2.24) is 9.55 Å². The molecule has 0 bridgehead atoms. The van der Waals surface area contributed by atoms with Gasteiger partial charge in [0.25, 0.3) is 11.5 Å². The summed E-state index contributed by atoms with van der Waals surface area (Å²) in [6.07, 6.45) is 0. The number of aromatic nitrogens is 2. The Morgan fingerprint density at radius 1 is 1.06 bits per heavy atom. The molecule has 2 aromatic carbocycles. The van der Waals surface area contributed by atoms with Gasteiger partial charge in [-0.2, -0.15) is 0 Å². The summed E-state index contributed by atoms with van der Waals surface area (Å²) < 4.78 is 12.4. The molecule has 0 fully saturated rings. The van der Waals surface area contributed by atoms with Gasteiger partial charge in [0, 0.05) is 24.6 Å². The van der Waals surface area contributed by atoms with Gasteiger partial charge in [0.15, 0.2) is 5.76 Å². The molecule has 4 rings (SSSR count). The van der Waals surface area contributed by atoms with Crippen molar-refractivity contribution in [3.63, 3.8) is 0 Å². The molecule has 35 heavy (non-hydrogen) atoms. The third kappa shape index (κ3) is 4.76. The van der Waals surface area contributed by atoms with E-state index in [1.165, 1.54) is 11.7 Å². The van der Waals surface area contributed by atoms with Crippen LogP contribution in [0.15, 0.2) is 56.5 Å². The van der Waals surface area contributed by atoms with E-state index in [4.69, 9.17) is 9.15 Å². The minimum atomic E-state index is -0.652. The largest absolute Gasteiger partial charge is 0.450 e. The summed E-state index contributed by atoms with van der Waals surface area (Å²) in [6, 6.07) is 13.4. The number of nitrogens with one attached hydrogen (secondary N) is 3. The fourth-order valence-corrected chi connectivity index (χ4v) is 4.10. The third-order valence-electron chi connectivity index (χ3n) is 5.95. The van der Waals surface area contributed by atoms with Gasteiger partial charge in [-0.15, -0.1) is 0 Å². The quantitative estimate of drug-likeness (QED) is 0.357. The second-order valence-corrected chi connectivity index (χ2v) is 8.38. The maximum Gasteiger partial charge on any atom is 0.330 e. The van der Waals surface area contributed by atoms with Gasteiger partial charge in [0.2, 0.25) is 0 Å². The Balaban J connectivity index is 1.78. The summed E-state index contributed by atoms with van der Waals surface area (Å²) in [5.41, 5.74) is 2.93. The van der Waals surface area contributed by atoms with Crippen molar-refractivity contribution >= 4 is 28.4 Å². The molecular weight excluding hydrogens is 448 g/mol. The monoisotopic (exact) mass is 476 g/mol. The molecule has 0 aliphatic carbocycles. The van der Waals surface area contributed by atoms with Gasteiger partial charge < -0.3 is 19.8 Å². The Bertz CT molecular complexity index is 1500. The van der Waals surface area contributed by atoms with Gasteiger partial charge in [0.05, 0.1) is 13.2 Å². The number of aryl methyl sites for hydroxylation is 3. The lowest BCUT2D eigenvalue weighted by Gasteiger charge is -2.17. The molecule has 2 heterocycles. The minimum Gasteiger partial charge on any atom is -0.450 e. The van der Waals surface area contributed by atoms with Crippen molar-refractivity contribution in [2.24, 2.45) is 0 Å². The van der Waals surface area contributed by atoms with E-state index in [0.29, 0.717) is 17.7 Å². The standard InChI is InChI=1S/C26H28N4O5/c1-15-10-11-16(2)21-19(15)17(3)22(35-21)25(32)28-23-20(27-14-18-8-6-5-7-9-18)24(31)29-26(33)30(23)12-13-34-4/h5-11,27H,12-14H2,1-4H3,(H,28,32)(H,29,31,33). The lowest BCUT2D eigenvalue weighted by atomic mass is 10.0. The van der Waals surface area contributed by atoms with Crippen molar-refractivity contribution in [3.05, 3.63) is 91.3 Å². The molecule has 0 radical (unpaired) electrons. The van der Waals surface area contributed by atoms with Gasteiger partial charge in [-0.3, -0.25) is 19.1 Å². The van der Waals surface area contributed by atoms with Crippen molar-refractivity contribution < 1.29 is 13.9 Å². The number of benzene rings is 2. The van der Waals surface area contributed by atoms with Gasteiger partial charge in [-0.05, 0) is 37.5 Å². The zero-order valence-electron chi connectivity index (χ0n) is 20.2. The van der Waals surface area contributed by atoms with Crippen LogP contribution in [0.1, 0.15) is 32.8 Å². The van der Waals surface area contributed by atoms with Crippen LogP contribution in [0.4, 0.5) is 11.5 Å². The van der Waals surface area contributed by atoms with E-state index in [2.05, 4.69) is 15.6 Å². The van der Waals surface area contributed by atoms with E-state index < -0.39 is 17.2 Å². The summed E-state index contributed by atoms with van der Waals surface area (Å²) >= 11 is 0. The molecule has 0 spiro atoms. The van der Waals surface area contributed by atoms with Crippen molar-refractivity contribution in [3.8, 4) is 0 Å². The van der Waals surface area contributed by atoms with Crippen LogP contribution >= 0.6 is 0 Å². The number of H-pyrrole nitrogens is 1. The zero-order valence-corrected chi connectivity index (χ0v) is 20.2. The lowest BCUT2D eigenvalue weighted by Crippen LogP contribution is -2.36. The van der Waals surface area contributed by atoms with Crippen LogP contribution in [-0.4, -0.2) is 29.2 Å². The van der Waals surface area contributed by atoms with Crippen molar-refractivity contribution in [1.29, 1.82) is 0 Å². The van der Waals surface area contributed by atoms with Crippen LogP contribution in [0.25, 0.3) is 11.0 Å². The SMILES string of the molecule is COCCn1c(NC(=O)c2oc3c(C)ccc(C)c3c2C)c(NCc2ccccc2)c(=O)[nH]c1=O. The first-order valence-electron chi connectivity index (χ1n) is 11.3. The molecule has 0 saturated carbocycles. The maximum atomic E-state index is 13.4. The van der Waals surface area contributed by atoms with Crippen LogP contribution < -0.4 is 21.9 Å². The molecular formula is C26H28N4O5. The molecule has 0 atom stereocenters. The topological polar surface area (TPSA) is 118 Å². The Hall–Kier alpha value is -4.11. The Morgan fingerprint density at radius 2 is 1.77 bits per heavy atom. The summed E-state index contributed by atoms with van der Waals surface area (Å²) in [5.74, 6) is -0.390. The number of hydrogen-bond donors (Lipinski definition) is 3. The van der Waals surface area contributed by atoms with Crippen LogP contribution in [-0.2, 0) is 17.8 Å². The first kappa shape index (κ1) is 24.0. The highest BCUT2D eigenvalue weighted by molar-refractivity contribution is 6.07. The zero-order chi connectivity index (χ0) is 25.1. The minimum absolute atomic E-state index is 0.0463. The molecule has 3 N–H and O–H groups in total. The van der Waals surface area contributed by atoms with Gasteiger partial charge in [-0.1, -0.05) is 42.5 Å². The first-order valence-corrected chi connectivity index (χ1v) is 11.3. The molecule has 9 heteroatoms. The average Bonchev–Trinajstić information content (AvgIpc) is 3.20. The van der Waals surface area contributed by atoms with E-state index in [9.17, 15) is 14.4 Å². The Labute approximate surface area is 201 Å². The molecule has 182 valence electrons. The van der Waals surface area contributed by atoms with Gasteiger partial charge >= 0.3 is 5.69 Å². The summed E-state index contributed by atoms with van der Waals surface area (Å²) in [5, 5.41) is 6.70. The second-order valence-electron chi connectivity index (χ2n) is 8.38. The number of hydrogen-bond acceptors (Lipinski definition) is 6. The number of carbonyl (C=O) groups excluding carboxylic acids is 1. The number of ether oxygens (including phenoxy) is 1. The number of nitrogens with zero attached hydrogens (tertiary/aromatic N) is 1. The lowest BCUT2D eigenvalue weighted by molar-refractivity contribution is 0.0996. The van der Waals surface area contributed by atoms with Crippen LogP contribution in [0.2, 0.25) is 0 Å². The van der Waals surface area contributed by atoms with Crippen LogP contribution in [0, 0.1) is 20.8 Å². The van der Waals surface area contributed by atoms with Crippen molar-refractivity contribution in [2.45, 2.75) is 33.9 Å². The molecule has 2 aromatic heterocycles. The van der Waals surface area contributed by atoms with E-state index in [1.807, 2.05) is 63.2 Å². The fraction of sp³-hybridized carbons (Fsp3) is 0.269. The van der Waals surface area contributed by atoms with Crippen LogP contribution in [0.3, 0.4) is 0 Å². The molecule has 0 aliphatic heterocycles. The first-order chi connectivity index (χ1) is 16.8. The average molecular weight is 477 g/mol.